The number of alkyl carbamates (subject to hydrolysis) is 1. The Morgan fingerprint density at radius 1 is 1.56 bits per heavy atom. The number of carbonyl (C=O) groups is 1. The lowest BCUT2D eigenvalue weighted by Gasteiger charge is -2.21. The molecule has 0 heterocycles. The van der Waals surface area contributed by atoms with E-state index in [4.69, 9.17) is 10.5 Å². The summed E-state index contributed by atoms with van der Waals surface area (Å²) in [5.74, 6) is 0. The van der Waals surface area contributed by atoms with Crippen LogP contribution in [0.1, 0.15) is 46.5 Å². The zero-order chi connectivity index (χ0) is 12.2. The van der Waals surface area contributed by atoms with Crippen LogP contribution in [0.15, 0.2) is 11.8 Å². The lowest BCUT2D eigenvalue weighted by atomic mass is 9.92. The molecule has 0 aromatic heterocycles. The van der Waals surface area contributed by atoms with Crippen molar-refractivity contribution in [1.29, 1.82) is 0 Å². The van der Waals surface area contributed by atoms with Gasteiger partial charge in [0.15, 0.2) is 0 Å². The maximum Gasteiger partial charge on any atom is 0.411 e. The summed E-state index contributed by atoms with van der Waals surface area (Å²) in [5.41, 5.74) is 6.59. The van der Waals surface area contributed by atoms with Crippen LogP contribution >= 0.6 is 0 Å². The fourth-order valence-corrected chi connectivity index (χ4v) is 1.73. The maximum atomic E-state index is 11.4. The van der Waals surface area contributed by atoms with Crippen molar-refractivity contribution < 1.29 is 9.53 Å². The van der Waals surface area contributed by atoms with Crippen LogP contribution in [-0.4, -0.2) is 17.7 Å². The van der Waals surface area contributed by atoms with Gasteiger partial charge in [-0.25, -0.2) is 4.79 Å². The lowest BCUT2D eigenvalue weighted by molar-refractivity contribution is 0.0551. The number of ether oxygens (including phenoxy) is 1. The van der Waals surface area contributed by atoms with Crippen molar-refractivity contribution >= 4 is 6.09 Å². The second-order valence-corrected chi connectivity index (χ2v) is 5.31. The quantitative estimate of drug-likeness (QED) is 0.721. The molecule has 1 aliphatic rings. The van der Waals surface area contributed by atoms with E-state index in [0.717, 1.165) is 25.7 Å². The molecule has 4 nitrogen and oxygen atoms in total. The molecule has 0 aromatic carbocycles. The molecule has 1 saturated carbocycles. The Morgan fingerprint density at radius 3 is 2.81 bits per heavy atom. The number of nitrogens with two attached hydrogens (primary N) is 1. The van der Waals surface area contributed by atoms with E-state index in [9.17, 15) is 4.79 Å². The number of hydrogen-bond acceptors (Lipinski definition) is 3. The summed E-state index contributed by atoms with van der Waals surface area (Å²) < 4.78 is 5.13. The largest absolute Gasteiger partial charge is 0.444 e. The zero-order valence-corrected chi connectivity index (χ0v) is 10.4. The molecule has 1 unspecified atom stereocenters. The van der Waals surface area contributed by atoms with Gasteiger partial charge < -0.3 is 10.5 Å². The van der Waals surface area contributed by atoms with Crippen LogP contribution in [0.5, 0.6) is 0 Å². The third kappa shape index (κ3) is 5.16. The van der Waals surface area contributed by atoms with Crippen LogP contribution in [0, 0.1) is 0 Å². The van der Waals surface area contributed by atoms with Crippen LogP contribution in [0.2, 0.25) is 0 Å². The molecule has 1 fully saturated rings. The second kappa shape index (κ2) is 5.34. The van der Waals surface area contributed by atoms with Gasteiger partial charge in [-0.3, -0.25) is 5.32 Å². The van der Waals surface area contributed by atoms with Gasteiger partial charge in [-0.05, 0) is 46.5 Å². The molecule has 3 N–H and O–H groups in total. The number of amides is 1. The lowest BCUT2D eigenvalue weighted by Crippen LogP contribution is -2.30. The Hall–Kier alpha value is -1.03. The van der Waals surface area contributed by atoms with Crippen molar-refractivity contribution in [1.82, 2.24) is 5.32 Å². The Balaban J connectivity index is 2.37. The van der Waals surface area contributed by atoms with Crippen LogP contribution in [-0.2, 0) is 4.74 Å². The Morgan fingerprint density at radius 2 is 2.25 bits per heavy atom. The molecule has 1 amide bonds. The van der Waals surface area contributed by atoms with Crippen LogP contribution < -0.4 is 11.1 Å². The molecule has 1 atom stereocenters. The monoisotopic (exact) mass is 226 g/mol. The summed E-state index contributed by atoms with van der Waals surface area (Å²) in [4.78, 5) is 11.4. The molecule has 0 aliphatic heterocycles. The van der Waals surface area contributed by atoms with Gasteiger partial charge in [0.25, 0.3) is 0 Å². The van der Waals surface area contributed by atoms with Gasteiger partial charge in [-0.2, -0.15) is 0 Å². The van der Waals surface area contributed by atoms with Gasteiger partial charge in [0.05, 0.1) is 0 Å². The molecule has 1 aliphatic carbocycles. The first-order valence-electron chi connectivity index (χ1n) is 5.80. The fourth-order valence-electron chi connectivity index (χ4n) is 1.73. The van der Waals surface area contributed by atoms with E-state index in [2.05, 4.69) is 5.32 Å². The minimum absolute atomic E-state index is 0.237. The molecule has 0 saturated heterocycles. The van der Waals surface area contributed by atoms with Crippen LogP contribution in [0.25, 0.3) is 0 Å². The van der Waals surface area contributed by atoms with E-state index in [1.165, 1.54) is 5.57 Å². The van der Waals surface area contributed by atoms with E-state index >= 15 is 0 Å². The van der Waals surface area contributed by atoms with Crippen molar-refractivity contribution in [2.24, 2.45) is 5.73 Å². The summed E-state index contributed by atoms with van der Waals surface area (Å²) in [6.45, 7) is 5.53. The molecular formula is C12H22N2O2. The molecule has 16 heavy (non-hydrogen) atoms. The predicted molar refractivity (Wildman–Crippen MR) is 63.9 cm³/mol. The minimum atomic E-state index is -0.453. The van der Waals surface area contributed by atoms with Gasteiger partial charge in [-0.1, -0.05) is 5.57 Å². The molecule has 0 bridgehead atoms. The molecule has 4 heteroatoms. The summed E-state index contributed by atoms with van der Waals surface area (Å²) >= 11 is 0. The van der Waals surface area contributed by atoms with Gasteiger partial charge >= 0.3 is 6.09 Å². The van der Waals surface area contributed by atoms with Crippen molar-refractivity contribution in [3.63, 3.8) is 0 Å². The highest BCUT2D eigenvalue weighted by atomic mass is 16.6. The average molecular weight is 226 g/mol. The fraction of sp³-hybridized carbons (Fsp3) is 0.750. The first kappa shape index (κ1) is 13.0. The molecular weight excluding hydrogens is 204 g/mol. The molecule has 0 aromatic rings. The van der Waals surface area contributed by atoms with Crippen LogP contribution in [0.3, 0.4) is 0 Å². The highest BCUT2D eigenvalue weighted by molar-refractivity contribution is 5.69. The third-order valence-electron chi connectivity index (χ3n) is 2.39. The van der Waals surface area contributed by atoms with E-state index < -0.39 is 11.7 Å². The number of nitrogens with one attached hydrogen (secondary N) is 1. The Labute approximate surface area is 97.2 Å². The third-order valence-corrected chi connectivity index (χ3v) is 2.39. The summed E-state index contributed by atoms with van der Waals surface area (Å²) in [7, 11) is 0. The van der Waals surface area contributed by atoms with E-state index in [1.807, 2.05) is 20.8 Å². The average Bonchev–Trinajstić information content (AvgIpc) is 2.12. The van der Waals surface area contributed by atoms with Crippen molar-refractivity contribution in [2.45, 2.75) is 58.1 Å². The van der Waals surface area contributed by atoms with E-state index in [1.54, 1.807) is 6.20 Å². The van der Waals surface area contributed by atoms with Gasteiger partial charge in [-0.15, -0.1) is 0 Å². The second-order valence-electron chi connectivity index (χ2n) is 5.31. The topological polar surface area (TPSA) is 64.3 Å². The van der Waals surface area contributed by atoms with E-state index in [0.29, 0.717) is 0 Å². The SMILES string of the molecule is CC(C)(C)OC(=O)NC=C1CCCC(N)C1. The van der Waals surface area contributed by atoms with Crippen molar-refractivity contribution in [3.05, 3.63) is 11.8 Å². The van der Waals surface area contributed by atoms with Gasteiger partial charge in [0, 0.05) is 12.2 Å². The molecule has 1 rings (SSSR count). The number of hydrogen-bond donors (Lipinski definition) is 2. The normalized spacial score (nSPS) is 24.2. The number of carbonyl (C=O) groups excluding carboxylic acids is 1. The Kier molecular flexibility index (Phi) is 4.35. The first-order chi connectivity index (χ1) is 7.37. The minimum Gasteiger partial charge on any atom is -0.444 e. The molecule has 0 radical (unpaired) electrons. The van der Waals surface area contributed by atoms with Crippen molar-refractivity contribution in [2.75, 3.05) is 0 Å². The molecule has 92 valence electrons. The highest BCUT2D eigenvalue weighted by Gasteiger charge is 2.16. The maximum absolute atomic E-state index is 11.4. The van der Waals surface area contributed by atoms with Gasteiger partial charge in [0.1, 0.15) is 5.60 Å². The summed E-state index contributed by atoms with van der Waals surface area (Å²) in [6.07, 6.45) is 5.40. The standard InChI is InChI=1S/C12H22N2O2/c1-12(2,3)16-11(15)14-8-9-5-4-6-10(13)7-9/h8,10H,4-7,13H2,1-3H3,(H,14,15). The smallest absolute Gasteiger partial charge is 0.411 e. The molecule has 0 spiro atoms. The highest BCUT2D eigenvalue weighted by Crippen LogP contribution is 2.21. The van der Waals surface area contributed by atoms with Crippen molar-refractivity contribution in [3.8, 4) is 0 Å². The van der Waals surface area contributed by atoms with Gasteiger partial charge in [0.2, 0.25) is 0 Å². The zero-order valence-electron chi connectivity index (χ0n) is 10.4. The predicted octanol–water partition coefficient (Wildman–Crippen LogP) is 2.30. The first-order valence-corrected chi connectivity index (χ1v) is 5.80. The summed E-state index contributed by atoms with van der Waals surface area (Å²) in [6, 6.07) is 0.237. The van der Waals surface area contributed by atoms with Crippen LogP contribution in [0.4, 0.5) is 4.79 Å². The van der Waals surface area contributed by atoms with E-state index in [-0.39, 0.29) is 6.04 Å². The summed E-state index contributed by atoms with van der Waals surface area (Å²) in [5, 5.41) is 2.65. The number of rotatable bonds is 1. The Bertz CT molecular complexity index is 279.